The number of hydrogen-bond acceptors (Lipinski definition) is 4. The van der Waals surface area contributed by atoms with Crippen molar-refractivity contribution in [2.75, 3.05) is 24.5 Å². The van der Waals surface area contributed by atoms with Crippen LogP contribution in [0.3, 0.4) is 0 Å². The van der Waals surface area contributed by atoms with E-state index in [0.717, 1.165) is 25.2 Å². The number of β-amino-alcohol motifs (C(OH)–C–C–N with tert-alkyl or cyclic N) is 2. The van der Waals surface area contributed by atoms with Crippen LogP contribution in [0, 0.1) is 6.92 Å². The van der Waals surface area contributed by atoms with Crippen LogP contribution in [0.4, 0.5) is 5.69 Å². The molecule has 0 spiro atoms. The molecule has 106 valence electrons. The van der Waals surface area contributed by atoms with Gasteiger partial charge in [0.2, 0.25) is 0 Å². The van der Waals surface area contributed by atoms with Crippen LogP contribution in [0.15, 0.2) is 18.2 Å². The largest absolute Gasteiger partial charge is 0.389 e. The van der Waals surface area contributed by atoms with Crippen LogP contribution < -0.4 is 10.2 Å². The van der Waals surface area contributed by atoms with Gasteiger partial charge in [0.1, 0.15) is 0 Å². The average molecular weight is 264 g/mol. The van der Waals surface area contributed by atoms with Crippen molar-refractivity contribution in [1.82, 2.24) is 5.32 Å². The average Bonchev–Trinajstić information content (AvgIpc) is 2.70. The molecule has 1 aromatic carbocycles. The van der Waals surface area contributed by atoms with E-state index in [2.05, 4.69) is 37.4 Å². The van der Waals surface area contributed by atoms with Crippen LogP contribution in [0.5, 0.6) is 0 Å². The van der Waals surface area contributed by atoms with Gasteiger partial charge in [0, 0.05) is 25.3 Å². The van der Waals surface area contributed by atoms with E-state index in [1.807, 2.05) is 4.90 Å². The Balaban J connectivity index is 2.03. The highest BCUT2D eigenvalue weighted by atomic mass is 16.3. The highest BCUT2D eigenvalue weighted by Gasteiger charge is 2.30. The molecule has 0 aromatic heterocycles. The van der Waals surface area contributed by atoms with Crippen LogP contribution in [-0.4, -0.2) is 42.1 Å². The first-order valence-corrected chi connectivity index (χ1v) is 7.03. The summed E-state index contributed by atoms with van der Waals surface area (Å²) >= 11 is 0. The zero-order valence-electron chi connectivity index (χ0n) is 11.8. The molecule has 3 N–H and O–H groups in total. The Kier molecular flexibility index (Phi) is 4.80. The number of nitrogens with zero attached hydrogens (tertiary/aromatic N) is 1. The molecule has 0 aliphatic carbocycles. The number of hydrogen-bond donors (Lipinski definition) is 3. The van der Waals surface area contributed by atoms with Crippen LogP contribution in [0.25, 0.3) is 0 Å². The molecule has 0 amide bonds. The molecule has 1 aromatic rings. The van der Waals surface area contributed by atoms with Gasteiger partial charge in [-0.3, -0.25) is 0 Å². The molecule has 1 saturated heterocycles. The summed E-state index contributed by atoms with van der Waals surface area (Å²) in [6, 6.07) is 6.38. The highest BCUT2D eigenvalue weighted by molar-refractivity contribution is 5.55. The molecule has 1 aliphatic rings. The van der Waals surface area contributed by atoms with Gasteiger partial charge in [0.25, 0.3) is 0 Å². The fourth-order valence-electron chi connectivity index (χ4n) is 2.56. The molecule has 1 aliphatic heterocycles. The number of anilines is 1. The molecule has 2 atom stereocenters. The molecule has 1 heterocycles. The SMILES string of the molecule is CCCNCc1ccc(N2CC(O)C(O)C2)c(C)c1. The van der Waals surface area contributed by atoms with E-state index in [1.54, 1.807) is 0 Å². The van der Waals surface area contributed by atoms with E-state index >= 15 is 0 Å². The third kappa shape index (κ3) is 3.47. The fraction of sp³-hybridized carbons (Fsp3) is 0.600. The zero-order valence-corrected chi connectivity index (χ0v) is 11.8. The van der Waals surface area contributed by atoms with Crippen molar-refractivity contribution in [2.45, 2.75) is 39.0 Å². The van der Waals surface area contributed by atoms with Gasteiger partial charge in [-0.1, -0.05) is 19.1 Å². The van der Waals surface area contributed by atoms with Crippen molar-refractivity contribution in [1.29, 1.82) is 0 Å². The lowest BCUT2D eigenvalue weighted by Gasteiger charge is -2.20. The summed E-state index contributed by atoms with van der Waals surface area (Å²) < 4.78 is 0. The van der Waals surface area contributed by atoms with Gasteiger partial charge in [-0.05, 0) is 37.1 Å². The number of aliphatic hydroxyl groups is 2. The maximum Gasteiger partial charge on any atom is 0.0990 e. The molecular weight excluding hydrogens is 240 g/mol. The predicted octanol–water partition coefficient (Wildman–Crippen LogP) is 1.04. The standard InChI is InChI=1S/C15H24N2O2/c1-3-6-16-8-12-4-5-13(11(2)7-12)17-9-14(18)15(19)10-17/h4-5,7,14-16,18-19H,3,6,8-10H2,1-2H3. The number of aliphatic hydroxyl groups excluding tert-OH is 2. The van der Waals surface area contributed by atoms with E-state index in [1.165, 1.54) is 11.1 Å². The van der Waals surface area contributed by atoms with Crippen LogP contribution in [-0.2, 0) is 6.54 Å². The number of aryl methyl sites for hydroxylation is 1. The normalized spacial score (nSPS) is 23.1. The second-order valence-electron chi connectivity index (χ2n) is 5.34. The van der Waals surface area contributed by atoms with Crippen LogP contribution in [0.1, 0.15) is 24.5 Å². The molecule has 19 heavy (non-hydrogen) atoms. The molecule has 2 rings (SSSR count). The van der Waals surface area contributed by atoms with Crippen molar-refractivity contribution in [3.05, 3.63) is 29.3 Å². The highest BCUT2D eigenvalue weighted by Crippen LogP contribution is 2.25. The first kappa shape index (κ1) is 14.3. The van der Waals surface area contributed by atoms with Crippen LogP contribution in [0.2, 0.25) is 0 Å². The Morgan fingerprint density at radius 2 is 1.95 bits per heavy atom. The first-order valence-electron chi connectivity index (χ1n) is 7.03. The summed E-state index contributed by atoms with van der Waals surface area (Å²) in [5.41, 5.74) is 3.57. The van der Waals surface area contributed by atoms with Crippen molar-refractivity contribution in [2.24, 2.45) is 0 Å². The van der Waals surface area contributed by atoms with E-state index in [0.29, 0.717) is 13.1 Å². The number of rotatable bonds is 5. The van der Waals surface area contributed by atoms with Crippen molar-refractivity contribution < 1.29 is 10.2 Å². The lowest BCUT2D eigenvalue weighted by Crippen LogP contribution is -2.22. The van der Waals surface area contributed by atoms with Gasteiger partial charge in [-0.15, -0.1) is 0 Å². The molecule has 4 heteroatoms. The Hall–Kier alpha value is -1.10. The molecule has 0 saturated carbocycles. The Bertz CT molecular complexity index is 413. The Labute approximate surface area is 115 Å². The van der Waals surface area contributed by atoms with E-state index < -0.39 is 12.2 Å². The molecule has 0 radical (unpaired) electrons. The topological polar surface area (TPSA) is 55.7 Å². The predicted molar refractivity (Wildman–Crippen MR) is 77.4 cm³/mol. The van der Waals surface area contributed by atoms with Gasteiger partial charge in [-0.25, -0.2) is 0 Å². The number of nitrogens with one attached hydrogen (secondary N) is 1. The minimum atomic E-state index is -0.634. The summed E-state index contributed by atoms with van der Waals surface area (Å²) in [6.07, 6.45) is -0.128. The van der Waals surface area contributed by atoms with Crippen LogP contribution >= 0.6 is 0 Å². The van der Waals surface area contributed by atoms with Gasteiger partial charge in [0.05, 0.1) is 12.2 Å². The maximum atomic E-state index is 9.62. The summed E-state index contributed by atoms with van der Waals surface area (Å²) in [5.74, 6) is 0. The zero-order chi connectivity index (χ0) is 13.8. The Morgan fingerprint density at radius 1 is 1.26 bits per heavy atom. The molecule has 0 bridgehead atoms. The Morgan fingerprint density at radius 3 is 2.53 bits per heavy atom. The summed E-state index contributed by atoms with van der Waals surface area (Å²) in [5, 5.41) is 22.6. The van der Waals surface area contributed by atoms with Crippen molar-refractivity contribution in [3.63, 3.8) is 0 Å². The minimum Gasteiger partial charge on any atom is -0.389 e. The number of benzene rings is 1. The molecule has 4 nitrogen and oxygen atoms in total. The summed E-state index contributed by atoms with van der Waals surface area (Å²) in [7, 11) is 0. The summed E-state index contributed by atoms with van der Waals surface area (Å²) in [6.45, 7) is 7.18. The van der Waals surface area contributed by atoms with E-state index in [-0.39, 0.29) is 0 Å². The fourth-order valence-corrected chi connectivity index (χ4v) is 2.56. The van der Waals surface area contributed by atoms with Crippen molar-refractivity contribution in [3.8, 4) is 0 Å². The lowest BCUT2D eigenvalue weighted by molar-refractivity contribution is 0.0572. The second kappa shape index (κ2) is 6.37. The molecular formula is C15H24N2O2. The van der Waals surface area contributed by atoms with Gasteiger partial charge in [-0.2, -0.15) is 0 Å². The maximum absolute atomic E-state index is 9.62. The van der Waals surface area contributed by atoms with E-state index in [9.17, 15) is 10.2 Å². The first-order chi connectivity index (χ1) is 9.11. The van der Waals surface area contributed by atoms with Gasteiger partial charge >= 0.3 is 0 Å². The third-order valence-corrected chi connectivity index (χ3v) is 3.62. The molecule has 2 unspecified atom stereocenters. The van der Waals surface area contributed by atoms with Gasteiger partial charge in [0.15, 0.2) is 0 Å². The quantitative estimate of drug-likeness (QED) is 0.696. The monoisotopic (exact) mass is 264 g/mol. The molecule has 1 fully saturated rings. The van der Waals surface area contributed by atoms with Gasteiger partial charge < -0.3 is 20.4 Å². The summed E-state index contributed by atoms with van der Waals surface area (Å²) in [4.78, 5) is 2.05. The third-order valence-electron chi connectivity index (χ3n) is 3.62. The minimum absolute atomic E-state index is 0.509. The van der Waals surface area contributed by atoms with E-state index in [4.69, 9.17) is 0 Å². The second-order valence-corrected chi connectivity index (χ2v) is 5.34. The smallest absolute Gasteiger partial charge is 0.0990 e. The lowest BCUT2D eigenvalue weighted by atomic mass is 10.1. The van der Waals surface area contributed by atoms with Crippen molar-refractivity contribution >= 4 is 5.69 Å².